The van der Waals surface area contributed by atoms with Gasteiger partial charge in [0.15, 0.2) is 0 Å². The van der Waals surface area contributed by atoms with E-state index in [1.165, 1.54) is 22.2 Å². The van der Waals surface area contributed by atoms with Crippen molar-refractivity contribution in [3.05, 3.63) is 65.9 Å². The second kappa shape index (κ2) is 8.48. The maximum Gasteiger partial charge on any atom is 0.234 e. The molecule has 0 bridgehead atoms. The minimum absolute atomic E-state index is 0.115. The van der Waals surface area contributed by atoms with E-state index in [2.05, 4.69) is 69.5 Å². The molecule has 0 unspecified atom stereocenters. The molecule has 5 nitrogen and oxygen atoms in total. The third-order valence-electron chi connectivity index (χ3n) is 5.59. The van der Waals surface area contributed by atoms with E-state index in [-0.39, 0.29) is 5.91 Å². The van der Waals surface area contributed by atoms with Gasteiger partial charge in [-0.05, 0) is 36.6 Å². The zero-order valence-corrected chi connectivity index (χ0v) is 16.4. The van der Waals surface area contributed by atoms with Crippen LogP contribution in [0, 0.1) is 6.92 Å². The first kappa shape index (κ1) is 18.6. The van der Waals surface area contributed by atoms with Crippen LogP contribution in [0.2, 0.25) is 0 Å². The van der Waals surface area contributed by atoms with E-state index in [9.17, 15) is 4.79 Å². The van der Waals surface area contributed by atoms with Gasteiger partial charge in [-0.25, -0.2) is 0 Å². The second-order valence-electron chi connectivity index (χ2n) is 7.51. The smallest absolute Gasteiger partial charge is 0.234 e. The number of nitrogens with zero attached hydrogens (tertiary/aromatic N) is 2. The van der Waals surface area contributed by atoms with Crippen molar-refractivity contribution in [2.75, 3.05) is 44.2 Å². The first-order valence-corrected chi connectivity index (χ1v) is 10.1. The predicted molar refractivity (Wildman–Crippen MR) is 115 cm³/mol. The Hall–Kier alpha value is -2.79. The SMILES string of the molecule is Cc1ccccc1N1CCN(CC(=O)NCCc2c[nH]c3ccccc23)CC1. The molecule has 146 valence electrons. The standard InChI is InChI=1S/C23H28N4O/c1-18-6-2-5-9-22(18)27-14-12-26(13-15-27)17-23(28)24-11-10-19-16-25-21-8-4-3-7-20(19)21/h2-9,16,25H,10-15,17H2,1H3,(H,24,28). The van der Waals surface area contributed by atoms with E-state index in [1.54, 1.807) is 0 Å². The van der Waals surface area contributed by atoms with Gasteiger partial charge in [0.1, 0.15) is 0 Å². The summed E-state index contributed by atoms with van der Waals surface area (Å²) in [4.78, 5) is 20.3. The molecule has 0 spiro atoms. The summed E-state index contributed by atoms with van der Waals surface area (Å²) >= 11 is 0. The van der Waals surface area contributed by atoms with Crippen LogP contribution in [0.1, 0.15) is 11.1 Å². The zero-order valence-electron chi connectivity index (χ0n) is 16.4. The highest BCUT2D eigenvalue weighted by molar-refractivity contribution is 5.83. The van der Waals surface area contributed by atoms with Crippen molar-refractivity contribution in [3.63, 3.8) is 0 Å². The van der Waals surface area contributed by atoms with Crippen LogP contribution in [0.4, 0.5) is 5.69 Å². The number of piperazine rings is 1. The molecule has 1 aliphatic heterocycles. The van der Waals surface area contributed by atoms with Gasteiger partial charge in [-0.15, -0.1) is 0 Å². The fraction of sp³-hybridized carbons (Fsp3) is 0.348. The summed E-state index contributed by atoms with van der Waals surface area (Å²) in [6.45, 7) is 7.08. The van der Waals surface area contributed by atoms with E-state index >= 15 is 0 Å². The van der Waals surface area contributed by atoms with Crippen LogP contribution < -0.4 is 10.2 Å². The van der Waals surface area contributed by atoms with Crippen molar-refractivity contribution in [1.29, 1.82) is 0 Å². The molecule has 3 aromatic rings. The molecule has 0 atom stereocenters. The van der Waals surface area contributed by atoms with Gasteiger partial charge < -0.3 is 15.2 Å². The Labute approximate surface area is 166 Å². The van der Waals surface area contributed by atoms with Gasteiger partial charge in [-0.2, -0.15) is 0 Å². The molecular weight excluding hydrogens is 348 g/mol. The molecule has 1 aliphatic rings. The van der Waals surface area contributed by atoms with Gasteiger partial charge in [0.05, 0.1) is 6.54 Å². The van der Waals surface area contributed by atoms with Crippen molar-refractivity contribution >= 4 is 22.5 Å². The van der Waals surface area contributed by atoms with Crippen molar-refractivity contribution in [1.82, 2.24) is 15.2 Å². The minimum Gasteiger partial charge on any atom is -0.369 e. The summed E-state index contributed by atoms with van der Waals surface area (Å²) in [5.41, 5.74) is 5.02. The second-order valence-corrected chi connectivity index (χ2v) is 7.51. The van der Waals surface area contributed by atoms with E-state index in [1.807, 2.05) is 12.3 Å². The number of hydrogen-bond acceptors (Lipinski definition) is 3. The summed E-state index contributed by atoms with van der Waals surface area (Å²) in [6.07, 6.45) is 2.89. The van der Waals surface area contributed by atoms with Crippen LogP contribution >= 0.6 is 0 Å². The molecule has 2 aromatic carbocycles. The number of nitrogens with one attached hydrogen (secondary N) is 2. The van der Waals surface area contributed by atoms with Crippen LogP contribution in [0.25, 0.3) is 10.9 Å². The number of carbonyl (C=O) groups is 1. The van der Waals surface area contributed by atoms with Crippen molar-refractivity contribution in [2.24, 2.45) is 0 Å². The lowest BCUT2D eigenvalue weighted by Crippen LogP contribution is -2.49. The molecule has 5 heteroatoms. The first-order chi connectivity index (χ1) is 13.7. The molecule has 1 fully saturated rings. The number of para-hydroxylation sites is 2. The average Bonchev–Trinajstić information content (AvgIpc) is 3.12. The number of H-pyrrole nitrogens is 1. The maximum absolute atomic E-state index is 12.3. The molecule has 2 N–H and O–H groups in total. The summed E-state index contributed by atoms with van der Waals surface area (Å²) in [5.74, 6) is 0.115. The van der Waals surface area contributed by atoms with E-state index < -0.39 is 0 Å². The van der Waals surface area contributed by atoms with Crippen LogP contribution in [0.5, 0.6) is 0 Å². The Morgan fingerprint density at radius 2 is 1.79 bits per heavy atom. The summed E-state index contributed by atoms with van der Waals surface area (Å²) < 4.78 is 0. The quantitative estimate of drug-likeness (QED) is 0.695. The lowest BCUT2D eigenvalue weighted by molar-refractivity contribution is -0.122. The van der Waals surface area contributed by atoms with Gasteiger partial charge >= 0.3 is 0 Å². The van der Waals surface area contributed by atoms with Crippen molar-refractivity contribution < 1.29 is 4.79 Å². The Morgan fingerprint density at radius 3 is 2.61 bits per heavy atom. The summed E-state index contributed by atoms with van der Waals surface area (Å²) in [6, 6.07) is 16.8. The van der Waals surface area contributed by atoms with Gasteiger partial charge in [0, 0.05) is 55.5 Å². The van der Waals surface area contributed by atoms with Gasteiger partial charge in [0.2, 0.25) is 5.91 Å². The van der Waals surface area contributed by atoms with E-state index in [0.717, 1.165) is 38.1 Å². The average molecular weight is 377 g/mol. The van der Waals surface area contributed by atoms with Gasteiger partial charge in [-0.1, -0.05) is 36.4 Å². The zero-order chi connectivity index (χ0) is 19.3. The van der Waals surface area contributed by atoms with E-state index in [4.69, 9.17) is 0 Å². The molecule has 4 rings (SSSR count). The molecule has 0 saturated carbocycles. The van der Waals surface area contributed by atoms with Crippen molar-refractivity contribution in [2.45, 2.75) is 13.3 Å². The lowest BCUT2D eigenvalue weighted by atomic mass is 10.1. The summed E-state index contributed by atoms with van der Waals surface area (Å²) in [7, 11) is 0. The minimum atomic E-state index is 0.115. The number of aromatic nitrogens is 1. The van der Waals surface area contributed by atoms with Crippen LogP contribution in [0.3, 0.4) is 0 Å². The monoisotopic (exact) mass is 376 g/mol. The fourth-order valence-electron chi connectivity index (χ4n) is 4.00. The lowest BCUT2D eigenvalue weighted by Gasteiger charge is -2.36. The highest BCUT2D eigenvalue weighted by Crippen LogP contribution is 2.21. The van der Waals surface area contributed by atoms with Crippen LogP contribution in [-0.2, 0) is 11.2 Å². The molecule has 0 aliphatic carbocycles. The summed E-state index contributed by atoms with van der Waals surface area (Å²) in [5, 5.41) is 4.32. The number of amides is 1. The number of aromatic amines is 1. The Morgan fingerprint density at radius 1 is 1.04 bits per heavy atom. The predicted octanol–water partition coefficient (Wildman–Crippen LogP) is 2.96. The first-order valence-electron chi connectivity index (χ1n) is 10.1. The third-order valence-corrected chi connectivity index (χ3v) is 5.59. The van der Waals surface area contributed by atoms with Gasteiger partial charge in [-0.3, -0.25) is 9.69 Å². The highest BCUT2D eigenvalue weighted by atomic mass is 16.2. The number of anilines is 1. The number of fused-ring (bicyclic) bond motifs is 1. The highest BCUT2D eigenvalue weighted by Gasteiger charge is 2.19. The number of rotatable bonds is 6. The fourth-order valence-corrected chi connectivity index (χ4v) is 4.00. The topological polar surface area (TPSA) is 51.4 Å². The Bertz CT molecular complexity index is 940. The number of carbonyl (C=O) groups excluding carboxylic acids is 1. The maximum atomic E-state index is 12.3. The molecule has 2 heterocycles. The van der Waals surface area contributed by atoms with Crippen molar-refractivity contribution in [3.8, 4) is 0 Å². The third kappa shape index (κ3) is 4.20. The Kier molecular flexibility index (Phi) is 5.63. The molecule has 28 heavy (non-hydrogen) atoms. The number of benzene rings is 2. The van der Waals surface area contributed by atoms with E-state index in [0.29, 0.717) is 13.1 Å². The van der Waals surface area contributed by atoms with Crippen LogP contribution in [0.15, 0.2) is 54.7 Å². The number of aryl methyl sites for hydroxylation is 1. The normalized spacial score (nSPS) is 15.1. The van der Waals surface area contributed by atoms with Gasteiger partial charge in [0.25, 0.3) is 0 Å². The molecule has 0 radical (unpaired) electrons. The largest absolute Gasteiger partial charge is 0.369 e. The van der Waals surface area contributed by atoms with Crippen LogP contribution in [-0.4, -0.2) is 55.1 Å². The molecule has 1 saturated heterocycles. The number of hydrogen-bond donors (Lipinski definition) is 2. The Balaban J connectivity index is 1.21. The molecule has 1 amide bonds. The molecular formula is C23H28N4O. The molecule has 1 aromatic heterocycles.